The minimum absolute atomic E-state index is 0.175. The predicted molar refractivity (Wildman–Crippen MR) is 105 cm³/mol. The summed E-state index contributed by atoms with van der Waals surface area (Å²) >= 11 is 0. The van der Waals surface area contributed by atoms with Gasteiger partial charge in [0.25, 0.3) is 0 Å². The normalized spacial score (nSPS) is 23.9. The van der Waals surface area contributed by atoms with Crippen molar-refractivity contribution in [2.45, 2.75) is 84.2 Å². The Morgan fingerprint density at radius 2 is 1.87 bits per heavy atom. The monoisotopic (exact) mass is 360 g/mol. The Hall–Kier alpha value is 0.274. The SMILES string of the molecule is CCC[Si](C)(OCC)OC(C)N1CCC(NCC[Si](C)(C)C)C1. The van der Waals surface area contributed by atoms with Crippen molar-refractivity contribution < 1.29 is 8.85 Å². The summed E-state index contributed by atoms with van der Waals surface area (Å²) in [5, 5.41) is 3.75. The van der Waals surface area contributed by atoms with E-state index >= 15 is 0 Å². The molecule has 3 atom stereocenters. The summed E-state index contributed by atoms with van der Waals surface area (Å²) in [6.45, 7) is 20.2. The Kier molecular flexibility index (Phi) is 8.97. The van der Waals surface area contributed by atoms with E-state index in [1.807, 2.05) is 0 Å². The maximum atomic E-state index is 6.43. The molecule has 0 aliphatic carbocycles. The molecule has 1 aliphatic rings. The highest BCUT2D eigenvalue weighted by atomic mass is 28.4. The van der Waals surface area contributed by atoms with E-state index in [9.17, 15) is 0 Å². The first kappa shape index (κ1) is 21.3. The molecule has 138 valence electrons. The van der Waals surface area contributed by atoms with Gasteiger partial charge in [0.15, 0.2) is 0 Å². The zero-order valence-electron chi connectivity index (χ0n) is 16.6. The fourth-order valence-corrected chi connectivity index (χ4v) is 6.91. The number of hydrogen-bond acceptors (Lipinski definition) is 4. The van der Waals surface area contributed by atoms with Gasteiger partial charge in [-0.1, -0.05) is 33.0 Å². The molecule has 0 amide bonds. The Balaban J connectivity index is 2.39. The molecule has 3 unspecified atom stereocenters. The summed E-state index contributed by atoms with van der Waals surface area (Å²) in [5.41, 5.74) is 0. The van der Waals surface area contributed by atoms with Gasteiger partial charge in [-0.05, 0) is 45.4 Å². The van der Waals surface area contributed by atoms with Crippen LogP contribution >= 0.6 is 0 Å². The minimum atomic E-state index is -2.01. The molecule has 1 fully saturated rings. The maximum Gasteiger partial charge on any atom is 0.336 e. The Morgan fingerprint density at radius 1 is 1.17 bits per heavy atom. The van der Waals surface area contributed by atoms with E-state index in [2.05, 4.69) is 57.2 Å². The van der Waals surface area contributed by atoms with Crippen molar-refractivity contribution in [3.63, 3.8) is 0 Å². The number of nitrogens with one attached hydrogen (secondary N) is 1. The van der Waals surface area contributed by atoms with Crippen LogP contribution < -0.4 is 5.32 Å². The zero-order valence-corrected chi connectivity index (χ0v) is 18.6. The smallest absolute Gasteiger partial charge is 0.336 e. The van der Waals surface area contributed by atoms with Crippen LogP contribution in [0.4, 0.5) is 0 Å². The molecular formula is C17H40N2O2Si2. The van der Waals surface area contributed by atoms with Gasteiger partial charge in [-0.25, -0.2) is 0 Å². The van der Waals surface area contributed by atoms with E-state index < -0.39 is 16.6 Å². The van der Waals surface area contributed by atoms with Crippen LogP contribution in [0.1, 0.15) is 33.6 Å². The van der Waals surface area contributed by atoms with Crippen LogP contribution in [0.25, 0.3) is 0 Å². The average Bonchev–Trinajstić information content (AvgIpc) is 2.86. The lowest BCUT2D eigenvalue weighted by Gasteiger charge is -2.34. The number of likely N-dealkylation sites (tertiary alicyclic amines) is 1. The van der Waals surface area contributed by atoms with Crippen molar-refractivity contribution in [2.24, 2.45) is 0 Å². The Labute approximate surface area is 146 Å². The van der Waals surface area contributed by atoms with Crippen molar-refractivity contribution in [2.75, 3.05) is 26.2 Å². The Morgan fingerprint density at radius 3 is 2.43 bits per heavy atom. The lowest BCUT2D eigenvalue weighted by molar-refractivity contribution is 0.0205. The summed E-state index contributed by atoms with van der Waals surface area (Å²) < 4.78 is 12.4. The van der Waals surface area contributed by atoms with E-state index in [-0.39, 0.29) is 6.23 Å². The van der Waals surface area contributed by atoms with Crippen molar-refractivity contribution in [1.82, 2.24) is 10.2 Å². The molecule has 0 aromatic rings. The molecule has 23 heavy (non-hydrogen) atoms. The van der Waals surface area contributed by atoms with Gasteiger partial charge in [-0.15, -0.1) is 0 Å². The van der Waals surface area contributed by atoms with E-state index in [0.29, 0.717) is 6.04 Å². The third kappa shape index (κ3) is 8.27. The predicted octanol–water partition coefficient (Wildman–Crippen LogP) is 3.87. The van der Waals surface area contributed by atoms with Gasteiger partial charge in [0.05, 0.1) is 6.23 Å². The Bertz CT molecular complexity index is 331. The molecular weight excluding hydrogens is 320 g/mol. The molecule has 1 N–H and O–H groups in total. The first-order valence-electron chi connectivity index (χ1n) is 9.48. The van der Waals surface area contributed by atoms with E-state index in [1.54, 1.807) is 0 Å². The summed E-state index contributed by atoms with van der Waals surface area (Å²) in [7, 11) is -2.94. The molecule has 1 saturated heterocycles. The van der Waals surface area contributed by atoms with Crippen LogP contribution in [0.5, 0.6) is 0 Å². The van der Waals surface area contributed by atoms with Crippen molar-refractivity contribution in [1.29, 1.82) is 0 Å². The molecule has 4 nitrogen and oxygen atoms in total. The summed E-state index contributed by atoms with van der Waals surface area (Å²) in [5.74, 6) is 0. The van der Waals surface area contributed by atoms with Gasteiger partial charge in [-0.3, -0.25) is 4.90 Å². The molecule has 0 spiro atoms. The van der Waals surface area contributed by atoms with E-state index in [1.165, 1.54) is 19.0 Å². The third-order valence-corrected chi connectivity index (χ3v) is 9.51. The molecule has 6 heteroatoms. The summed E-state index contributed by atoms with van der Waals surface area (Å²) in [6, 6.07) is 3.07. The second kappa shape index (κ2) is 9.68. The van der Waals surface area contributed by atoms with Crippen molar-refractivity contribution in [3.8, 4) is 0 Å². The van der Waals surface area contributed by atoms with Gasteiger partial charge in [0, 0.05) is 33.8 Å². The quantitative estimate of drug-likeness (QED) is 0.567. The van der Waals surface area contributed by atoms with Crippen LogP contribution in [0.3, 0.4) is 0 Å². The molecule has 1 heterocycles. The van der Waals surface area contributed by atoms with Crippen molar-refractivity contribution in [3.05, 3.63) is 0 Å². The van der Waals surface area contributed by atoms with E-state index in [4.69, 9.17) is 8.85 Å². The summed E-state index contributed by atoms with van der Waals surface area (Å²) in [6.07, 6.45) is 2.55. The molecule has 0 radical (unpaired) electrons. The molecule has 0 aromatic carbocycles. The maximum absolute atomic E-state index is 6.43. The van der Waals surface area contributed by atoms with Crippen LogP contribution in [0, 0.1) is 0 Å². The highest BCUT2D eigenvalue weighted by Crippen LogP contribution is 2.22. The van der Waals surface area contributed by atoms with Crippen LogP contribution in [-0.2, 0) is 8.85 Å². The average molecular weight is 361 g/mol. The molecule has 1 rings (SSSR count). The highest BCUT2D eigenvalue weighted by molar-refractivity contribution is 6.76. The highest BCUT2D eigenvalue weighted by Gasteiger charge is 2.35. The first-order valence-corrected chi connectivity index (χ1v) is 15.7. The van der Waals surface area contributed by atoms with E-state index in [0.717, 1.165) is 32.2 Å². The molecule has 0 saturated carbocycles. The molecule has 0 aromatic heterocycles. The first-order chi connectivity index (χ1) is 10.7. The zero-order chi connectivity index (χ0) is 17.5. The van der Waals surface area contributed by atoms with Crippen LogP contribution in [0.2, 0.25) is 38.3 Å². The van der Waals surface area contributed by atoms with Gasteiger partial charge in [-0.2, -0.15) is 0 Å². The summed E-state index contributed by atoms with van der Waals surface area (Å²) in [4.78, 5) is 2.48. The third-order valence-electron chi connectivity index (χ3n) is 4.62. The lowest BCUT2D eigenvalue weighted by atomic mass is 10.3. The van der Waals surface area contributed by atoms with Gasteiger partial charge >= 0.3 is 8.56 Å². The molecule has 1 aliphatic heterocycles. The number of nitrogens with zero attached hydrogens (tertiary/aromatic N) is 1. The largest absolute Gasteiger partial charge is 0.395 e. The fourth-order valence-electron chi connectivity index (χ4n) is 3.30. The standard InChI is InChI=1S/C17H40N2O2Si2/c1-8-13-23(7,20-9-2)21-16(3)19-12-10-17(15-19)18-11-14-22(4,5)6/h16-18H,8-15H2,1-7H3. The second-order valence-electron chi connectivity index (χ2n) is 8.28. The minimum Gasteiger partial charge on any atom is -0.395 e. The second-order valence-corrected chi connectivity index (χ2v) is 17.2. The van der Waals surface area contributed by atoms with Gasteiger partial charge in [0.2, 0.25) is 0 Å². The number of rotatable bonds is 11. The number of hydrogen-bond donors (Lipinski definition) is 1. The fraction of sp³-hybridized carbons (Fsp3) is 1.00. The molecule has 0 bridgehead atoms. The topological polar surface area (TPSA) is 33.7 Å². The van der Waals surface area contributed by atoms with Crippen LogP contribution in [-0.4, -0.2) is 60.0 Å². The van der Waals surface area contributed by atoms with Gasteiger partial charge < -0.3 is 14.2 Å². The van der Waals surface area contributed by atoms with Gasteiger partial charge in [0.1, 0.15) is 0 Å². The lowest BCUT2D eigenvalue weighted by Crippen LogP contribution is -2.47. The van der Waals surface area contributed by atoms with Crippen molar-refractivity contribution >= 4 is 16.6 Å². The van der Waals surface area contributed by atoms with Crippen LogP contribution in [0.15, 0.2) is 0 Å².